The van der Waals surface area contributed by atoms with Crippen LogP contribution in [0.25, 0.3) is 0 Å². The molecule has 0 spiro atoms. The summed E-state index contributed by atoms with van der Waals surface area (Å²) < 4.78 is 2.15. The molecule has 1 aromatic carbocycles. The summed E-state index contributed by atoms with van der Waals surface area (Å²) in [6.07, 6.45) is 4.91. The molecule has 1 atom stereocenters. The maximum atomic E-state index is 12.3. The molecule has 2 amide bonds. The SMILES string of the molecule is O=C(C[C@H]1SC(Cc2nnc3n2CCCCC3)=NC1=O)Nc1ccccc1Cl. The van der Waals surface area contributed by atoms with Crippen molar-refractivity contribution < 1.29 is 9.59 Å². The molecule has 0 saturated carbocycles. The van der Waals surface area contributed by atoms with Crippen molar-refractivity contribution in [1.29, 1.82) is 0 Å². The Balaban J connectivity index is 1.36. The molecular weight excluding hydrogens is 398 g/mol. The van der Waals surface area contributed by atoms with Gasteiger partial charge in [0, 0.05) is 19.4 Å². The van der Waals surface area contributed by atoms with Gasteiger partial charge in [-0.05, 0) is 25.0 Å². The van der Waals surface area contributed by atoms with Crippen LogP contribution in [0.5, 0.6) is 0 Å². The van der Waals surface area contributed by atoms with E-state index < -0.39 is 5.25 Å². The minimum absolute atomic E-state index is 0.0552. The number of benzene rings is 1. The van der Waals surface area contributed by atoms with Gasteiger partial charge in [-0.3, -0.25) is 9.59 Å². The van der Waals surface area contributed by atoms with Crippen LogP contribution in [-0.2, 0) is 29.0 Å². The summed E-state index contributed by atoms with van der Waals surface area (Å²) in [5.41, 5.74) is 0.539. The van der Waals surface area contributed by atoms with E-state index in [9.17, 15) is 9.59 Å². The number of aromatic nitrogens is 3. The number of anilines is 1. The molecule has 0 bridgehead atoms. The van der Waals surface area contributed by atoms with Crippen molar-refractivity contribution in [3.63, 3.8) is 0 Å². The second-order valence-corrected chi connectivity index (χ2v) is 8.54. The summed E-state index contributed by atoms with van der Waals surface area (Å²) in [5, 5.41) is 12.0. The third kappa shape index (κ3) is 4.28. The third-order valence-electron chi connectivity index (χ3n) is 4.80. The number of rotatable bonds is 5. The molecule has 2 aromatic rings. The van der Waals surface area contributed by atoms with Gasteiger partial charge in [-0.1, -0.05) is 41.9 Å². The van der Waals surface area contributed by atoms with E-state index >= 15 is 0 Å². The van der Waals surface area contributed by atoms with E-state index in [4.69, 9.17) is 11.6 Å². The Labute approximate surface area is 172 Å². The zero-order valence-corrected chi connectivity index (χ0v) is 16.8. The second-order valence-electron chi connectivity index (χ2n) is 6.85. The molecule has 0 saturated heterocycles. The van der Waals surface area contributed by atoms with Crippen LogP contribution in [0.4, 0.5) is 5.69 Å². The molecule has 7 nitrogen and oxygen atoms in total. The third-order valence-corrected chi connectivity index (χ3v) is 6.29. The number of nitrogens with one attached hydrogen (secondary N) is 1. The van der Waals surface area contributed by atoms with Crippen molar-refractivity contribution in [3.05, 3.63) is 40.9 Å². The summed E-state index contributed by atoms with van der Waals surface area (Å²) in [7, 11) is 0. The van der Waals surface area contributed by atoms with E-state index in [-0.39, 0.29) is 18.2 Å². The molecule has 1 N–H and O–H groups in total. The lowest BCUT2D eigenvalue weighted by molar-refractivity contribution is -0.121. The van der Waals surface area contributed by atoms with Crippen LogP contribution in [0.2, 0.25) is 5.02 Å². The molecule has 2 aliphatic heterocycles. The predicted octanol–water partition coefficient (Wildman–Crippen LogP) is 3.27. The quantitative estimate of drug-likeness (QED) is 0.806. The Bertz CT molecular complexity index is 942. The number of thioether (sulfide) groups is 1. The number of carbonyl (C=O) groups is 2. The van der Waals surface area contributed by atoms with Crippen LogP contribution in [0.15, 0.2) is 29.3 Å². The molecule has 0 aliphatic carbocycles. The standard InChI is InChI=1S/C19H20ClN5O2S/c20-12-6-3-4-7-13(12)21-17(26)10-14-19(27)22-18(28-14)11-16-24-23-15-8-2-1-5-9-25(15)16/h3-4,6-7,14H,1-2,5,8-11H2,(H,21,26)/t14-/m1/s1. The van der Waals surface area contributed by atoms with Crippen molar-refractivity contribution in [2.75, 3.05) is 5.32 Å². The number of hydrogen-bond acceptors (Lipinski definition) is 5. The monoisotopic (exact) mass is 417 g/mol. The molecule has 4 rings (SSSR count). The van der Waals surface area contributed by atoms with Crippen LogP contribution < -0.4 is 5.32 Å². The Hall–Kier alpha value is -2.19. The van der Waals surface area contributed by atoms with Gasteiger partial charge in [-0.15, -0.1) is 10.2 Å². The molecule has 2 aliphatic rings. The van der Waals surface area contributed by atoms with E-state index in [0.717, 1.165) is 37.5 Å². The molecule has 28 heavy (non-hydrogen) atoms. The van der Waals surface area contributed by atoms with Crippen LogP contribution in [-0.4, -0.2) is 36.9 Å². The van der Waals surface area contributed by atoms with Crippen molar-refractivity contribution in [3.8, 4) is 0 Å². The number of amides is 2. The highest BCUT2D eigenvalue weighted by molar-refractivity contribution is 8.15. The van der Waals surface area contributed by atoms with E-state index in [0.29, 0.717) is 22.2 Å². The van der Waals surface area contributed by atoms with E-state index in [1.807, 2.05) is 0 Å². The molecule has 0 fully saturated rings. The largest absolute Gasteiger partial charge is 0.325 e. The fraction of sp³-hybridized carbons (Fsp3) is 0.421. The lowest BCUT2D eigenvalue weighted by Crippen LogP contribution is -2.21. The smallest absolute Gasteiger partial charge is 0.260 e. The Kier molecular flexibility index (Phi) is 5.77. The zero-order valence-electron chi connectivity index (χ0n) is 15.2. The molecule has 9 heteroatoms. The maximum absolute atomic E-state index is 12.3. The molecule has 146 valence electrons. The summed E-state index contributed by atoms with van der Waals surface area (Å²) in [5.74, 6) is 1.33. The number of aryl methyl sites for hydroxylation is 1. The number of carbonyl (C=O) groups excluding carboxylic acids is 2. The maximum Gasteiger partial charge on any atom is 0.260 e. The first-order chi connectivity index (χ1) is 13.6. The predicted molar refractivity (Wildman–Crippen MR) is 110 cm³/mol. The summed E-state index contributed by atoms with van der Waals surface area (Å²) in [6, 6.07) is 7.01. The van der Waals surface area contributed by atoms with Crippen molar-refractivity contribution in [1.82, 2.24) is 14.8 Å². The summed E-state index contributed by atoms with van der Waals surface area (Å²) in [6.45, 7) is 0.910. The Morgan fingerprint density at radius 3 is 2.96 bits per heavy atom. The fourth-order valence-electron chi connectivity index (χ4n) is 3.39. The lowest BCUT2D eigenvalue weighted by atomic mass is 10.2. The number of para-hydroxylation sites is 1. The van der Waals surface area contributed by atoms with Gasteiger partial charge in [-0.2, -0.15) is 0 Å². The van der Waals surface area contributed by atoms with Gasteiger partial charge in [0.1, 0.15) is 16.9 Å². The van der Waals surface area contributed by atoms with E-state index in [1.54, 1.807) is 24.3 Å². The highest BCUT2D eigenvalue weighted by atomic mass is 35.5. The Morgan fingerprint density at radius 1 is 1.25 bits per heavy atom. The van der Waals surface area contributed by atoms with Crippen molar-refractivity contribution in [2.24, 2.45) is 4.99 Å². The van der Waals surface area contributed by atoms with E-state index in [2.05, 4.69) is 25.1 Å². The van der Waals surface area contributed by atoms with Gasteiger partial charge in [0.15, 0.2) is 0 Å². The van der Waals surface area contributed by atoms with Gasteiger partial charge < -0.3 is 9.88 Å². The van der Waals surface area contributed by atoms with Crippen LogP contribution in [0.3, 0.4) is 0 Å². The topological polar surface area (TPSA) is 89.2 Å². The average Bonchev–Trinajstić information content (AvgIpc) is 3.10. The summed E-state index contributed by atoms with van der Waals surface area (Å²) in [4.78, 5) is 28.7. The number of aliphatic imine (C=N–C) groups is 1. The first kappa shape index (κ1) is 19.1. The number of nitrogens with zero attached hydrogens (tertiary/aromatic N) is 4. The number of halogens is 1. The first-order valence-electron chi connectivity index (χ1n) is 9.33. The number of hydrogen-bond donors (Lipinski definition) is 1. The molecule has 3 heterocycles. The lowest BCUT2D eigenvalue weighted by Gasteiger charge is -2.10. The van der Waals surface area contributed by atoms with Crippen molar-refractivity contribution >= 4 is 45.9 Å². The normalized spacial score (nSPS) is 19.1. The van der Waals surface area contributed by atoms with Gasteiger partial charge in [0.05, 0.1) is 22.2 Å². The van der Waals surface area contributed by atoms with Gasteiger partial charge in [-0.25, -0.2) is 4.99 Å². The fourth-order valence-corrected chi connectivity index (χ4v) is 4.64. The molecule has 0 unspecified atom stereocenters. The summed E-state index contributed by atoms with van der Waals surface area (Å²) >= 11 is 7.40. The van der Waals surface area contributed by atoms with Crippen LogP contribution >= 0.6 is 23.4 Å². The van der Waals surface area contributed by atoms with Gasteiger partial charge in [0.2, 0.25) is 5.91 Å². The molecule has 1 aromatic heterocycles. The molecular formula is C19H20ClN5O2S. The minimum atomic E-state index is -0.510. The zero-order chi connectivity index (χ0) is 19.5. The highest BCUT2D eigenvalue weighted by Gasteiger charge is 2.31. The van der Waals surface area contributed by atoms with Crippen LogP contribution in [0.1, 0.15) is 37.3 Å². The van der Waals surface area contributed by atoms with Gasteiger partial charge >= 0.3 is 0 Å². The molecule has 0 radical (unpaired) electrons. The second kappa shape index (κ2) is 8.45. The van der Waals surface area contributed by atoms with E-state index in [1.165, 1.54) is 18.2 Å². The highest BCUT2D eigenvalue weighted by Crippen LogP contribution is 2.28. The van der Waals surface area contributed by atoms with Gasteiger partial charge in [0.25, 0.3) is 5.91 Å². The average molecular weight is 418 g/mol. The first-order valence-corrected chi connectivity index (χ1v) is 10.6. The number of fused-ring (bicyclic) bond motifs is 1. The van der Waals surface area contributed by atoms with Crippen molar-refractivity contribution in [2.45, 2.75) is 50.3 Å². The Morgan fingerprint density at radius 2 is 2.11 bits per heavy atom. The van der Waals surface area contributed by atoms with Crippen LogP contribution in [0, 0.1) is 0 Å². The minimum Gasteiger partial charge on any atom is -0.325 e.